The minimum atomic E-state index is -1.32. The van der Waals surface area contributed by atoms with Gasteiger partial charge in [0.1, 0.15) is 5.82 Å². The second-order valence-corrected chi connectivity index (χ2v) is 11.3. The zero-order valence-electron chi connectivity index (χ0n) is 18.2. The summed E-state index contributed by atoms with van der Waals surface area (Å²) in [6.07, 6.45) is 0. The van der Waals surface area contributed by atoms with Gasteiger partial charge >= 0.3 is 0 Å². The van der Waals surface area contributed by atoms with Gasteiger partial charge in [0, 0.05) is 21.9 Å². The fourth-order valence-corrected chi connectivity index (χ4v) is 6.57. The molecule has 4 nitrogen and oxygen atoms in total. The van der Waals surface area contributed by atoms with Crippen molar-refractivity contribution in [2.45, 2.75) is 30.0 Å². The molecule has 0 saturated carbocycles. The van der Waals surface area contributed by atoms with Crippen LogP contribution >= 0.6 is 23.4 Å². The molecule has 2 aliphatic rings. The van der Waals surface area contributed by atoms with E-state index in [1.54, 1.807) is 29.2 Å². The maximum Gasteiger partial charge on any atom is 0.268 e. The van der Waals surface area contributed by atoms with Crippen molar-refractivity contribution in [1.82, 2.24) is 4.90 Å². The van der Waals surface area contributed by atoms with Gasteiger partial charge in [-0.3, -0.25) is 9.59 Å². The first-order chi connectivity index (χ1) is 15.7. The van der Waals surface area contributed by atoms with Crippen LogP contribution in [0.15, 0.2) is 72.8 Å². The highest BCUT2D eigenvalue weighted by atomic mass is 35.5. The first kappa shape index (κ1) is 22.0. The van der Waals surface area contributed by atoms with E-state index in [2.05, 4.69) is 0 Å². The van der Waals surface area contributed by atoms with Gasteiger partial charge in [-0.15, -0.1) is 11.8 Å². The lowest BCUT2D eigenvalue weighted by Gasteiger charge is -2.33. The number of thioether (sulfide) groups is 1. The van der Waals surface area contributed by atoms with Gasteiger partial charge in [0.15, 0.2) is 4.87 Å². The molecule has 0 radical (unpaired) electrons. The highest BCUT2D eigenvalue weighted by molar-refractivity contribution is 8.02. The summed E-state index contributed by atoms with van der Waals surface area (Å²) in [5.41, 5.74) is 2.30. The van der Waals surface area contributed by atoms with Crippen LogP contribution in [0.2, 0.25) is 5.02 Å². The second kappa shape index (κ2) is 7.89. The van der Waals surface area contributed by atoms with E-state index in [4.69, 9.17) is 11.6 Å². The monoisotopic (exact) mass is 480 g/mol. The van der Waals surface area contributed by atoms with Crippen molar-refractivity contribution < 1.29 is 14.0 Å². The van der Waals surface area contributed by atoms with Crippen LogP contribution in [0.25, 0.3) is 0 Å². The number of amides is 2. The van der Waals surface area contributed by atoms with Gasteiger partial charge in [-0.25, -0.2) is 4.39 Å². The van der Waals surface area contributed by atoms with E-state index < -0.39 is 21.3 Å². The van der Waals surface area contributed by atoms with E-state index in [0.717, 1.165) is 5.56 Å². The Labute approximate surface area is 201 Å². The van der Waals surface area contributed by atoms with Crippen LogP contribution in [-0.4, -0.2) is 28.0 Å². The third-order valence-corrected chi connectivity index (χ3v) is 7.85. The van der Waals surface area contributed by atoms with E-state index >= 15 is 0 Å². The molecule has 3 aromatic rings. The molecule has 1 atom stereocenters. The quantitative estimate of drug-likeness (QED) is 0.472. The molecule has 7 heteroatoms. The lowest BCUT2D eigenvalue weighted by atomic mass is 10.0. The molecule has 1 saturated heterocycles. The number of anilines is 1. The molecule has 0 N–H and O–H groups in total. The molecule has 2 amide bonds. The molecule has 3 aromatic carbocycles. The smallest absolute Gasteiger partial charge is 0.268 e. The highest BCUT2D eigenvalue weighted by Gasteiger charge is 2.63. The van der Waals surface area contributed by atoms with Crippen LogP contribution in [0, 0.1) is 5.82 Å². The maximum atomic E-state index is 14.6. The number of benzene rings is 3. The van der Waals surface area contributed by atoms with Gasteiger partial charge in [-0.05, 0) is 49.7 Å². The summed E-state index contributed by atoms with van der Waals surface area (Å²) in [6, 6.07) is 20.9. The Bertz CT molecular complexity index is 1270. The van der Waals surface area contributed by atoms with E-state index in [0.29, 0.717) is 29.4 Å². The maximum absolute atomic E-state index is 14.6. The lowest BCUT2D eigenvalue weighted by Crippen LogP contribution is -2.50. The second-order valence-electron chi connectivity index (χ2n) is 8.92. The molecular formula is C26H22ClFN2O2S. The summed E-state index contributed by atoms with van der Waals surface area (Å²) in [5, 5.41) is 0.478. The van der Waals surface area contributed by atoms with Gasteiger partial charge < -0.3 is 9.80 Å². The molecule has 33 heavy (non-hydrogen) atoms. The van der Waals surface area contributed by atoms with Gasteiger partial charge in [-0.1, -0.05) is 54.1 Å². The summed E-state index contributed by atoms with van der Waals surface area (Å²) in [6.45, 7) is 4.64. The Kier molecular flexibility index (Phi) is 5.26. The number of hydrogen-bond donors (Lipinski definition) is 0. The first-order valence-corrected chi connectivity index (χ1v) is 11.8. The van der Waals surface area contributed by atoms with Crippen molar-refractivity contribution in [3.63, 3.8) is 0 Å². The van der Waals surface area contributed by atoms with Crippen molar-refractivity contribution in [2.75, 3.05) is 11.4 Å². The SMILES string of the molecule is CC1(C)CN(C(=O)c2ccccc2F)C2(S1)C(=O)N(Cc1ccccc1)c1ccc(Cl)cc12. The summed E-state index contributed by atoms with van der Waals surface area (Å²) in [7, 11) is 0. The van der Waals surface area contributed by atoms with Crippen LogP contribution in [0.1, 0.15) is 35.3 Å². The third-order valence-electron chi connectivity index (χ3n) is 6.03. The van der Waals surface area contributed by atoms with Crippen molar-refractivity contribution in [3.05, 3.63) is 100 Å². The topological polar surface area (TPSA) is 40.6 Å². The van der Waals surface area contributed by atoms with Gasteiger partial charge in [-0.2, -0.15) is 0 Å². The Hall–Kier alpha value is -2.83. The van der Waals surface area contributed by atoms with Crippen LogP contribution < -0.4 is 4.90 Å². The Morgan fingerprint density at radius 1 is 1.06 bits per heavy atom. The standard InChI is InChI=1S/C26H22ClFN2O2S/c1-25(2)16-30(23(31)19-10-6-7-11-21(19)28)26(33-25)20-14-18(27)12-13-22(20)29(24(26)32)15-17-8-4-3-5-9-17/h3-14H,15-16H2,1-2H3. The number of hydrogen-bond acceptors (Lipinski definition) is 3. The fraction of sp³-hybridized carbons (Fsp3) is 0.231. The third kappa shape index (κ3) is 3.52. The van der Waals surface area contributed by atoms with Crippen molar-refractivity contribution in [1.29, 1.82) is 0 Å². The van der Waals surface area contributed by atoms with Crippen LogP contribution in [-0.2, 0) is 16.2 Å². The molecule has 168 valence electrons. The van der Waals surface area contributed by atoms with Gasteiger partial charge in [0.2, 0.25) is 0 Å². The van der Waals surface area contributed by atoms with Crippen LogP contribution in [0.4, 0.5) is 10.1 Å². The predicted molar refractivity (Wildman–Crippen MR) is 130 cm³/mol. The van der Waals surface area contributed by atoms with Crippen molar-refractivity contribution >= 4 is 40.9 Å². The van der Waals surface area contributed by atoms with E-state index in [9.17, 15) is 14.0 Å². The number of nitrogens with zero attached hydrogens (tertiary/aromatic N) is 2. The number of fused-ring (bicyclic) bond motifs is 2. The lowest BCUT2D eigenvalue weighted by molar-refractivity contribution is -0.123. The number of rotatable bonds is 3. The molecule has 1 spiro atoms. The zero-order valence-corrected chi connectivity index (χ0v) is 19.8. The summed E-state index contributed by atoms with van der Waals surface area (Å²) < 4.78 is 14.2. The van der Waals surface area contributed by atoms with Crippen molar-refractivity contribution in [2.24, 2.45) is 0 Å². The molecule has 1 unspecified atom stereocenters. The Morgan fingerprint density at radius 3 is 2.48 bits per heavy atom. The largest absolute Gasteiger partial charge is 0.310 e. The minimum Gasteiger partial charge on any atom is -0.310 e. The molecule has 2 aliphatic heterocycles. The van der Waals surface area contributed by atoms with Gasteiger partial charge in [0.25, 0.3) is 11.8 Å². The number of halogens is 2. The molecule has 0 bridgehead atoms. The average Bonchev–Trinajstić information content (AvgIpc) is 3.20. The Morgan fingerprint density at radius 2 is 1.76 bits per heavy atom. The zero-order chi connectivity index (χ0) is 23.4. The van der Waals surface area contributed by atoms with Crippen LogP contribution in [0.5, 0.6) is 0 Å². The molecule has 5 rings (SSSR count). The molecule has 0 aliphatic carbocycles. The number of carbonyl (C=O) groups is 2. The molecule has 2 heterocycles. The molecule has 1 fully saturated rings. The van der Waals surface area contributed by atoms with E-state index in [-0.39, 0.29) is 11.5 Å². The highest BCUT2D eigenvalue weighted by Crippen LogP contribution is 2.60. The molecular weight excluding hydrogens is 459 g/mol. The Balaban J connectivity index is 1.67. The number of carbonyl (C=O) groups excluding carboxylic acids is 2. The fourth-order valence-electron chi connectivity index (χ4n) is 4.68. The van der Waals surface area contributed by atoms with E-state index in [1.807, 2.05) is 50.2 Å². The summed E-state index contributed by atoms with van der Waals surface area (Å²) in [4.78, 5) is 29.8. The first-order valence-electron chi connectivity index (χ1n) is 10.7. The predicted octanol–water partition coefficient (Wildman–Crippen LogP) is 5.85. The van der Waals surface area contributed by atoms with Gasteiger partial charge in [0.05, 0.1) is 17.8 Å². The summed E-state index contributed by atoms with van der Waals surface area (Å²) in [5.74, 6) is -1.33. The normalized spacial score (nSPS) is 21.0. The van der Waals surface area contributed by atoms with Crippen molar-refractivity contribution in [3.8, 4) is 0 Å². The average molecular weight is 481 g/mol. The summed E-state index contributed by atoms with van der Waals surface area (Å²) >= 11 is 7.80. The molecule has 0 aromatic heterocycles. The van der Waals surface area contributed by atoms with E-state index in [1.165, 1.54) is 28.8 Å². The van der Waals surface area contributed by atoms with Crippen LogP contribution in [0.3, 0.4) is 0 Å². The minimum absolute atomic E-state index is 0.0481.